The minimum Gasteiger partial charge on any atom is -0.462 e. The number of rotatable bonds is 64. The van der Waals surface area contributed by atoms with Crippen LogP contribution in [0.15, 0.2) is 24.3 Å². The summed E-state index contributed by atoms with van der Waals surface area (Å²) in [5.74, 6) is -0.842. The summed E-state index contributed by atoms with van der Waals surface area (Å²) in [5, 5.41) is 0. The van der Waals surface area contributed by atoms with Crippen LogP contribution in [-0.2, 0) is 28.6 Å². The molecule has 0 aliphatic carbocycles. The Balaban J connectivity index is 3.99. The van der Waals surface area contributed by atoms with Gasteiger partial charge in [-0.15, -0.1) is 0 Å². The molecule has 0 N–H and O–H groups in total. The Kier molecular flexibility index (Phi) is 63.6. The third kappa shape index (κ3) is 62.7. The number of hydrogen-bond acceptors (Lipinski definition) is 6. The van der Waals surface area contributed by atoms with Gasteiger partial charge in [0.2, 0.25) is 0 Å². The molecule has 0 radical (unpaired) electrons. The minimum absolute atomic E-state index is 0.0641. The van der Waals surface area contributed by atoms with E-state index in [2.05, 4.69) is 45.1 Å². The Hall–Kier alpha value is -2.11. The van der Waals surface area contributed by atoms with E-state index in [1.54, 1.807) is 0 Å². The molecule has 0 heterocycles. The van der Waals surface area contributed by atoms with Crippen LogP contribution in [0.3, 0.4) is 0 Å². The van der Waals surface area contributed by atoms with Gasteiger partial charge in [-0.25, -0.2) is 0 Å². The Morgan fingerprint density at radius 1 is 0.263 bits per heavy atom. The van der Waals surface area contributed by atoms with Crippen LogP contribution < -0.4 is 0 Å². The highest BCUT2D eigenvalue weighted by atomic mass is 16.6. The van der Waals surface area contributed by atoms with Crippen LogP contribution in [0.2, 0.25) is 0 Å². The number of esters is 3. The highest BCUT2D eigenvalue weighted by molar-refractivity contribution is 5.71. The maximum Gasteiger partial charge on any atom is 0.306 e. The van der Waals surface area contributed by atoms with Crippen LogP contribution >= 0.6 is 0 Å². The summed E-state index contributed by atoms with van der Waals surface area (Å²) in [5.41, 5.74) is 0. The molecular formula is C70H132O6. The smallest absolute Gasteiger partial charge is 0.306 e. The van der Waals surface area contributed by atoms with Crippen molar-refractivity contribution < 1.29 is 28.6 Å². The first-order valence-corrected chi connectivity index (χ1v) is 34.3. The van der Waals surface area contributed by atoms with Crippen molar-refractivity contribution in [1.29, 1.82) is 0 Å². The summed E-state index contributed by atoms with van der Waals surface area (Å²) in [6, 6.07) is 0. The van der Waals surface area contributed by atoms with E-state index in [1.807, 2.05) is 0 Å². The molecule has 6 nitrogen and oxygen atoms in total. The maximum atomic E-state index is 12.9. The van der Waals surface area contributed by atoms with Crippen LogP contribution in [0, 0.1) is 0 Å². The first-order valence-electron chi connectivity index (χ1n) is 34.3. The van der Waals surface area contributed by atoms with Gasteiger partial charge < -0.3 is 14.2 Å². The summed E-state index contributed by atoms with van der Waals surface area (Å²) >= 11 is 0. The third-order valence-electron chi connectivity index (χ3n) is 15.7. The molecule has 76 heavy (non-hydrogen) atoms. The summed E-state index contributed by atoms with van der Waals surface area (Å²) in [7, 11) is 0. The molecule has 0 amide bonds. The third-order valence-corrected chi connectivity index (χ3v) is 15.7. The molecule has 0 aliphatic rings. The van der Waals surface area contributed by atoms with Crippen LogP contribution in [0.4, 0.5) is 0 Å². The van der Waals surface area contributed by atoms with Crippen molar-refractivity contribution in [3.63, 3.8) is 0 Å². The number of carbonyl (C=O) groups excluding carboxylic acids is 3. The molecule has 0 rings (SSSR count). The average molecular weight is 1070 g/mol. The van der Waals surface area contributed by atoms with E-state index < -0.39 is 6.10 Å². The topological polar surface area (TPSA) is 78.9 Å². The first kappa shape index (κ1) is 73.9. The fraction of sp³-hybridized carbons (Fsp3) is 0.900. The molecule has 1 atom stereocenters. The quantitative estimate of drug-likeness (QED) is 0.0261. The lowest BCUT2D eigenvalue weighted by Gasteiger charge is -2.18. The van der Waals surface area contributed by atoms with E-state index in [-0.39, 0.29) is 31.1 Å². The Morgan fingerprint density at radius 2 is 0.474 bits per heavy atom. The molecule has 0 saturated heterocycles. The van der Waals surface area contributed by atoms with Crippen LogP contribution in [-0.4, -0.2) is 37.2 Å². The summed E-state index contributed by atoms with van der Waals surface area (Å²) in [4.78, 5) is 38.1. The summed E-state index contributed by atoms with van der Waals surface area (Å²) < 4.78 is 16.9. The Labute approximate surface area is 474 Å². The number of allylic oxidation sites excluding steroid dienone is 4. The Morgan fingerprint density at radius 3 is 0.724 bits per heavy atom. The summed E-state index contributed by atoms with van der Waals surface area (Å²) in [6.07, 6.45) is 79.5. The van der Waals surface area contributed by atoms with E-state index in [0.717, 1.165) is 64.2 Å². The van der Waals surface area contributed by atoms with E-state index in [9.17, 15) is 14.4 Å². The standard InChI is InChI=1S/C70H132O6/c1-4-7-10-13-16-18-20-22-24-26-28-30-31-32-33-34-35-36-37-38-39-40-42-43-45-47-49-51-54-57-60-63-69(72)75-66-67(65-74-68(71)62-59-56-53-15-12-9-6-3)76-70(73)64-61-58-55-52-50-48-46-44-41-29-27-25-23-21-19-17-14-11-8-5-2/h20,22,26,28,67H,4-19,21,23-25,27,29-66H2,1-3H3/b22-20-,28-26-. The number of ether oxygens (including phenoxy) is 3. The van der Waals surface area contributed by atoms with E-state index in [0.29, 0.717) is 19.3 Å². The van der Waals surface area contributed by atoms with E-state index >= 15 is 0 Å². The van der Waals surface area contributed by atoms with Crippen molar-refractivity contribution in [2.24, 2.45) is 0 Å². The molecule has 1 unspecified atom stereocenters. The zero-order chi connectivity index (χ0) is 55.0. The van der Waals surface area contributed by atoms with Gasteiger partial charge in [0.05, 0.1) is 0 Å². The van der Waals surface area contributed by atoms with E-state index in [1.165, 1.54) is 283 Å². The van der Waals surface area contributed by atoms with Crippen molar-refractivity contribution in [2.75, 3.05) is 13.2 Å². The van der Waals surface area contributed by atoms with Gasteiger partial charge in [-0.3, -0.25) is 14.4 Å². The molecule has 0 bridgehead atoms. The fourth-order valence-electron chi connectivity index (χ4n) is 10.5. The van der Waals surface area contributed by atoms with Gasteiger partial charge in [-0.1, -0.05) is 340 Å². The molecule has 0 aliphatic heterocycles. The first-order chi connectivity index (χ1) is 37.5. The molecule has 0 saturated carbocycles. The normalized spacial score (nSPS) is 12.1. The van der Waals surface area contributed by atoms with Crippen molar-refractivity contribution in [3.8, 4) is 0 Å². The predicted molar refractivity (Wildman–Crippen MR) is 330 cm³/mol. The lowest BCUT2D eigenvalue weighted by atomic mass is 10.0. The summed E-state index contributed by atoms with van der Waals surface area (Å²) in [6.45, 7) is 6.66. The van der Waals surface area contributed by atoms with Crippen molar-refractivity contribution in [1.82, 2.24) is 0 Å². The van der Waals surface area contributed by atoms with E-state index in [4.69, 9.17) is 14.2 Å². The molecule has 0 aromatic carbocycles. The average Bonchev–Trinajstić information content (AvgIpc) is 3.42. The zero-order valence-corrected chi connectivity index (χ0v) is 51.6. The maximum absolute atomic E-state index is 12.9. The highest BCUT2D eigenvalue weighted by Gasteiger charge is 2.19. The Bertz CT molecular complexity index is 1230. The van der Waals surface area contributed by atoms with Gasteiger partial charge in [0, 0.05) is 19.3 Å². The molecule has 0 aromatic heterocycles. The van der Waals surface area contributed by atoms with Gasteiger partial charge in [0.25, 0.3) is 0 Å². The SMILES string of the molecule is CCCCCCC/C=C\C/C=C\CCCCCCCCCCCCCCCCCCCCCC(=O)OCC(COC(=O)CCCCCCCCC)OC(=O)CCCCCCCCCCCCCCCCCCCCCC. The van der Waals surface area contributed by atoms with Crippen molar-refractivity contribution in [3.05, 3.63) is 24.3 Å². The second-order valence-electron chi connectivity index (χ2n) is 23.5. The number of carbonyl (C=O) groups is 3. The molecule has 6 heteroatoms. The number of unbranched alkanes of at least 4 members (excludes halogenated alkanes) is 49. The molecule has 0 aromatic rings. The molecular weight excluding hydrogens is 937 g/mol. The van der Waals surface area contributed by atoms with Crippen LogP contribution in [0.25, 0.3) is 0 Å². The largest absolute Gasteiger partial charge is 0.462 e. The monoisotopic (exact) mass is 1070 g/mol. The molecule has 0 fully saturated rings. The zero-order valence-electron chi connectivity index (χ0n) is 51.6. The lowest BCUT2D eigenvalue weighted by molar-refractivity contribution is -0.167. The van der Waals surface area contributed by atoms with Crippen molar-refractivity contribution >= 4 is 17.9 Å². The predicted octanol–water partition coefficient (Wildman–Crippen LogP) is 23.4. The van der Waals surface area contributed by atoms with Gasteiger partial charge in [0.1, 0.15) is 13.2 Å². The van der Waals surface area contributed by atoms with Gasteiger partial charge in [-0.2, -0.15) is 0 Å². The van der Waals surface area contributed by atoms with Gasteiger partial charge in [0.15, 0.2) is 6.10 Å². The second-order valence-corrected chi connectivity index (χ2v) is 23.5. The fourth-order valence-corrected chi connectivity index (χ4v) is 10.5. The molecule has 0 spiro atoms. The van der Waals surface area contributed by atoms with Gasteiger partial charge in [-0.05, 0) is 51.4 Å². The minimum atomic E-state index is -0.764. The number of hydrogen-bond donors (Lipinski definition) is 0. The van der Waals surface area contributed by atoms with Crippen LogP contribution in [0.1, 0.15) is 387 Å². The highest BCUT2D eigenvalue weighted by Crippen LogP contribution is 2.19. The lowest BCUT2D eigenvalue weighted by Crippen LogP contribution is -2.30. The molecule has 448 valence electrons. The van der Waals surface area contributed by atoms with Crippen LogP contribution in [0.5, 0.6) is 0 Å². The second kappa shape index (κ2) is 65.4. The van der Waals surface area contributed by atoms with Crippen molar-refractivity contribution in [2.45, 2.75) is 393 Å². The van der Waals surface area contributed by atoms with Gasteiger partial charge >= 0.3 is 17.9 Å².